The fraction of sp³-hybridized carbons (Fsp3) is 0.625. The van der Waals surface area contributed by atoms with E-state index >= 15 is 0 Å². The highest BCUT2D eigenvalue weighted by Crippen LogP contribution is 2.26. The van der Waals surface area contributed by atoms with E-state index < -0.39 is 0 Å². The number of benzene rings is 2. The first-order valence-electron chi connectivity index (χ1n) is 22.6. The number of nitrogens with one attached hydrogen (secondary N) is 4. The molecule has 8 heteroatoms. The molecule has 4 rings (SSSR count). The van der Waals surface area contributed by atoms with Gasteiger partial charge < -0.3 is 30.1 Å². The molecule has 2 aromatic carbocycles. The zero-order valence-corrected chi connectivity index (χ0v) is 35.1. The van der Waals surface area contributed by atoms with Crippen molar-refractivity contribution >= 4 is 33.6 Å². The third-order valence-corrected chi connectivity index (χ3v) is 11.0. The van der Waals surface area contributed by atoms with Gasteiger partial charge in [0.25, 0.3) is 0 Å². The Morgan fingerprint density at radius 2 is 0.875 bits per heavy atom. The number of fused-ring (bicyclic) bond motifs is 2. The summed E-state index contributed by atoms with van der Waals surface area (Å²) < 4.78 is 12.1. The summed E-state index contributed by atoms with van der Waals surface area (Å²) in [5.41, 5.74) is 4.64. The summed E-state index contributed by atoms with van der Waals surface area (Å²) in [6.07, 6.45) is 30.7. The zero-order valence-electron chi connectivity index (χ0n) is 35.1. The molecule has 8 nitrogen and oxygen atoms in total. The Morgan fingerprint density at radius 1 is 0.500 bits per heavy atom. The second kappa shape index (κ2) is 27.6. The number of H-pyrrole nitrogens is 2. The smallest absolute Gasteiger partial charge is 0.220 e. The maximum atomic E-state index is 12.5. The lowest BCUT2D eigenvalue weighted by molar-refractivity contribution is -0.122. The van der Waals surface area contributed by atoms with Crippen LogP contribution >= 0.6 is 0 Å². The molecule has 0 aliphatic rings. The lowest BCUT2D eigenvalue weighted by Gasteiger charge is -2.08. The van der Waals surface area contributed by atoms with E-state index in [1.807, 2.05) is 12.1 Å². The second-order valence-electron chi connectivity index (χ2n) is 15.8. The molecule has 0 aliphatic carbocycles. The first-order valence-corrected chi connectivity index (χ1v) is 22.6. The summed E-state index contributed by atoms with van der Waals surface area (Å²) >= 11 is 0. The number of unbranched alkanes of at least 4 members (excludes halogenated alkanes) is 17. The Morgan fingerprint density at radius 3 is 1.29 bits per heavy atom. The van der Waals surface area contributed by atoms with Gasteiger partial charge in [-0.1, -0.05) is 117 Å². The quantitative estimate of drug-likeness (QED) is 0.0362. The van der Waals surface area contributed by atoms with Crippen LogP contribution in [0.2, 0.25) is 0 Å². The van der Waals surface area contributed by atoms with Gasteiger partial charge in [0.1, 0.15) is 11.5 Å². The largest absolute Gasteiger partial charge is 0.494 e. The molecule has 0 radical (unpaired) electrons. The first-order chi connectivity index (χ1) is 27.6. The summed E-state index contributed by atoms with van der Waals surface area (Å²) in [5.74, 6) is 2.13. The number of hydrogen-bond acceptors (Lipinski definition) is 4. The fourth-order valence-electron chi connectivity index (χ4n) is 7.53. The zero-order chi connectivity index (χ0) is 39.5. The van der Waals surface area contributed by atoms with Gasteiger partial charge in [0.2, 0.25) is 11.8 Å². The normalized spacial score (nSPS) is 11.4. The van der Waals surface area contributed by atoms with Gasteiger partial charge in [0, 0.05) is 60.1 Å². The summed E-state index contributed by atoms with van der Waals surface area (Å²) in [5, 5.41) is 8.59. The standard InChI is InChI=1S/C48H74N4O4/c1-3-5-7-9-17-21-33-55-41-25-27-45-43(35-41)39(37-51-45)29-31-49-47(53)23-19-15-13-11-12-14-16-20-24-48(54)50-32-30-40-38-52-46-28-26-42(36-44(40)46)56-34-22-18-10-8-6-4-2/h25-28,35-38,51-52H,3-24,29-34H2,1-2H3,(H,49,53)(H,50,54). The highest BCUT2D eigenvalue weighted by atomic mass is 16.5. The molecule has 2 aromatic heterocycles. The van der Waals surface area contributed by atoms with Crippen molar-refractivity contribution in [3.8, 4) is 11.5 Å². The molecule has 0 spiro atoms. The SMILES string of the molecule is CCCCCCCCOc1ccc2[nH]cc(CCNC(=O)CCCCCCCCCCC(=O)NCCc3c[nH]c4ccc(OCCCCCCCC)cc34)c2c1. The maximum Gasteiger partial charge on any atom is 0.220 e. The second-order valence-corrected chi connectivity index (χ2v) is 15.8. The van der Waals surface area contributed by atoms with Crippen molar-refractivity contribution in [3.63, 3.8) is 0 Å². The minimum absolute atomic E-state index is 0.144. The lowest BCUT2D eigenvalue weighted by atomic mass is 10.1. The molecule has 0 unspecified atom stereocenters. The summed E-state index contributed by atoms with van der Waals surface area (Å²) in [6, 6.07) is 12.5. The minimum atomic E-state index is 0.144. The Kier molecular flexibility index (Phi) is 22.1. The van der Waals surface area contributed by atoms with E-state index in [-0.39, 0.29) is 11.8 Å². The van der Waals surface area contributed by atoms with Gasteiger partial charge in [-0.05, 0) is 86.1 Å². The highest BCUT2D eigenvalue weighted by Gasteiger charge is 2.09. The molecule has 0 saturated heterocycles. The van der Waals surface area contributed by atoms with Crippen LogP contribution in [0.5, 0.6) is 11.5 Å². The molecule has 2 heterocycles. The third-order valence-electron chi connectivity index (χ3n) is 11.0. The van der Waals surface area contributed by atoms with Gasteiger partial charge in [-0.25, -0.2) is 0 Å². The molecule has 0 aliphatic heterocycles. The van der Waals surface area contributed by atoms with E-state index in [0.717, 1.165) is 100.0 Å². The van der Waals surface area contributed by atoms with E-state index in [9.17, 15) is 9.59 Å². The molecule has 0 atom stereocenters. The number of amides is 2. The number of ether oxygens (including phenoxy) is 2. The first kappa shape index (κ1) is 44.8. The van der Waals surface area contributed by atoms with Crippen LogP contribution in [0.4, 0.5) is 0 Å². The summed E-state index contributed by atoms with van der Waals surface area (Å²) in [4.78, 5) is 31.6. The number of carbonyl (C=O) groups excluding carboxylic acids is 2. The highest BCUT2D eigenvalue weighted by molar-refractivity contribution is 5.85. The third kappa shape index (κ3) is 17.5. The van der Waals surface area contributed by atoms with E-state index in [0.29, 0.717) is 25.9 Å². The topological polar surface area (TPSA) is 108 Å². The van der Waals surface area contributed by atoms with Crippen molar-refractivity contribution in [1.82, 2.24) is 20.6 Å². The molecule has 56 heavy (non-hydrogen) atoms. The average Bonchev–Trinajstić information content (AvgIpc) is 3.81. The lowest BCUT2D eigenvalue weighted by Crippen LogP contribution is -2.25. The molecule has 2 amide bonds. The Hall–Kier alpha value is -3.94. The van der Waals surface area contributed by atoms with Crippen molar-refractivity contribution in [1.29, 1.82) is 0 Å². The maximum absolute atomic E-state index is 12.5. The number of aromatic amines is 2. The van der Waals surface area contributed by atoms with Crippen LogP contribution in [0.15, 0.2) is 48.8 Å². The van der Waals surface area contributed by atoms with Gasteiger partial charge in [0.05, 0.1) is 13.2 Å². The molecule has 310 valence electrons. The molecule has 0 fully saturated rings. The van der Waals surface area contributed by atoms with Gasteiger partial charge in [-0.3, -0.25) is 9.59 Å². The number of hydrogen-bond donors (Lipinski definition) is 4. The van der Waals surface area contributed by atoms with Crippen molar-refractivity contribution in [2.45, 2.75) is 168 Å². The summed E-state index contributed by atoms with van der Waals surface area (Å²) in [7, 11) is 0. The van der Waals surface area contributed by atoms with Crippen molar-refractivity contribution in [3.05, 3.63) is 59.9 Å². The van der Waals surface area contributed by atoms with Crippen molar-refractivity contribution in [2.24, 2.45) is 0 Å². The predicted octanol–water partition coefficient (Wildman–Crippen LogP) is 12.0. The van der Waals surface area contributed by atoms with E-state index in [2.05, 4.69) is 71.1 Å². The number of aromatic nitrogens is 2. The van der Waals surface area contributed by atoms with Crippen LogP contribution in [0, 0.1) is 0 Å². The number of carbonyl (C=O) groups is 2. The van der Waals surface area contributed by atoms with Crippen LogP contribution in [0.3, 0.4) is 0 Å². The predicted molar refractivity (Wildman–Crippen MR) is 234 cm³/mol. The molecule has 0 saturated carbocycles. The van der Waals surface area contributed by atoms with Gasteiger partial charge >= 0.3 is 0 Å². The Labute approximate surface area is 338 Å². The van der Waals surface area contributed by atoms with Crippen LogP contribution in [0.25, 0.3) is 21.8 Å². The summed E-state index contributed by atoms with van der Waals surface area (Å²) in [6.45, 7) is 7.31. The van der Waals surface area contributed by atoms with Gasteiger partial charge in [0.15, 0.2) is 0 Å². The average molecular weight is 771 g/mol. The Bertz CT molecular complexity index is 1540. The van der Waals surface area contributed by atoms with Gasteiger partial charge in [-0.2, -0.15) is 0 Å². The van der Waals surface area contributed by atoms with Crippen molar-refractivity contribution < 1.29 is 19.1 Å². The Balaban J connectivity index is 0.957. The fourth-order valence-corrected chi connectivity index (χ4v) is 7.53. The molecule has 4 N–H and O–H groups in total. The van der Waals surface area contributed by atoms with E-state index in [4.69, 9.17) is 9.47 Å². The monoisotopic (exact) mass is 771 g/mol. The van der Waals surface area contributed by atoms with E-state index in [1.54, 1.807) is 0 Å². The van der Waals surface area contributed by atoms with Crippen molar-refractivity contribution in [2.75, 3.05) is 26.3 Å². The number of rotatable bonds is 33. The van der Waals surface area contributed by atoms with Crippen LogP contribution < -0.4 is 20.1 Å². The minimum Gasteiger partial charge on any atom is -0.494 e. The van der Waals surface area contributed by atoms with Crippen LogP contribution in [0.1, 0.15) is 166 Å². The molecule has 0 bridgehead atoms. The van der Waals surface area contributed by atoms with E-state index in [1.165, 1.54) is 98.9 Å². The molecular formula is C48H74N4O4. The molecule has 4 aromatic rings. The van der Waals surface area contributed by atoms with Crippen LogP contribution in [-0.2, 0) is 22.4 Å². The van der Waals surface area contributed by atoms with Crippen LogP contribution in [-0.4, -0.2) is 48.1 Å². The van der Waals surface area contributed by atoms with Gasteiger partial charge in [-0.15, -0.1) is 0 Å². The molecular weight excluding hydrogens is 697 g/mol.